The van der Waals surface area contributed by atoms with Crippen molar-refractivity contribution in [2.75, 3.05) is 11.6 Å². The standard InChI is InChI=1S/C20H16BrN3O5/c1-3-29-20(26)14-5-7-15(8-6-14)23-19(25)16(12(2)22-23)10-13-4-9-17(21)18(11-13)24(27)28/h4-11H,3H2,1-2H3. The molecule has 148 valence electrons. The molecule has 0 aliphatic carbocycles. The van der Waals surface area contributed by atoms with Gasteiger partial charge in [-0.3, -0.25) is 14.9 Å². The van der Waals surface area contributed by atoms with Gasteiger partial charge in [0.05, 0.1) is 38.5 Å². The number of hydrogen-bond donors (Lipinski definition) is 0. The normalized spacial score (nSPS) is 14.9. The summed E-state index contributed by atoms with van der Waals surface area (Å²) in [4.78, 5) is 35.2. The molecule has 0 fully saturated rings. The van der Waals surface area contributed by atoms with Crippen molar-refractivity contribution in [1.82, 2.24) is 0 Å². The molecule has 0 atom stereocenters. The van der Waals surface area contributed by atoms with Crippen LogP contribution in [-0.2, 0) is 9.53 Å². The van der Waals surface area contributed by atoms with Crippen molar-refractivity contribution < 1.29 is 19.2 Å². The maximum absolute atomic E-state index is 12.8. The SMILES string of the molecule is CCOC(=O)c1ccc(N2N=C(C)C(=Cc3ccc(Br)c([N+](=O)[O-])c3)C2=O)cc1. The number of hydrogen-bond acceptors (Lipinski definition) is 6. The molecule has 3 rings (SSSR count). The van der Waals surface area contributed by atoms with Gasteiger partial charge in [-0.2, -0.15) is 10.1 Å². The van der Waals surface area contributed by atoms with E-state index >= 15 is 0 Å². The Morgan fingerprint density at radius 3 is 2.59 bits per heavy atom. The highest BCUT2D eigenvalue weighted by atomic mass is 79.9. The van der Waals surface area contributed by atoms with Crippen LogP contribution in [0.25, 0.3) is 6.08 Å². The number of nitrogens with zero attached hydrogens (tertiary/aromatic N) is 3. The molecule has 1 aliphatic heterocycles. The smallest absolute Gasteiger partial charge is 0.338 e. The lowest BCUT2D eigenvalue weighted by Crippen LogP contribution is -2.21. The van der Waals surface area contributed by atoms with Crippen LogP contribution in [0.3, 0.4) is 0 Å². The fraction of sp³-hybridized carbons (Fsp3) is 0.150. The summed E-state index contributed by atoms with van der Waals surface area (Å²) < 4.78 is 5.30. The molecule has 9 heteroatoms. The zero-order chi connectivity index (χ0) is 21.1. The van der Waals surface area contributed by atoms with E-state index in [-0.39, 0.29) is 18.2 Å². The second-order valence-electron chi connectivity index (χ2n) is 6.10. The molecule has 0 radical (unpaired) electrons. The van der Waals surface area contributed by atoms with E-state index < -0.39 is 10.9 Å². The van der Waals surface area contributed by atoms with Crippen LogP contribution in [-0.4, -0.2) is 29.1 Å². The average molecular weight is 458 g/mol. The Hall–Kier alpha value is -3.33. The van der Waals surface area contributed by atoms with Gasteiger partial charge in [0.2, 0.25) is 0 Å². The lowest BCUT2D eigenvalue weighted by Gasteiger charge is -2.12. The van der Waals surface area contributed by atoms with Crippen molar-refractivity contribution >= 4 is 51.0 Å². The zero-order valence-corrected chi connectivity index (χ0v) is 17.2. The van der Waals surface area contributed by atoms with Gasteiger partial charge < -0.3 is 4.74 Å². The van der Waals surface area contributed by atoms with Crippen LogP contribution in [0, 0.1) is 10.1 Å². The maximum atomic E-state index is 12.8. The van der Waals surface area contributed by atoms with E-state index in [1.807, 2.05) is 0 Å². The van der Waals surface area contributed by atoms with Crippen LogP contribution in [0.5, 0.6) is 0 Å². The van der Waals surface area contributed by atoms with E-state index in [1.54, 1.807) is 56.3 Å². The topological polar surface area (TPSA) is 102 Å². The zero-order valence-electron chi connectivity index (χ0n) is 15.6. The molecule has 2 aromatic rings. The number of halogens is 1. The molecule has 2 aromatic carbocycles. The monoisotopic (exact) mass is 457 g/mol. The molecule has 29 heavy (non-hydrogen) atoms. The third-order valence-electron chi connectivity index (χ3n) is 4.16. The Kier molecular flexibility index (Phi) is 5.88. The Morgan fingerprint density at radius 1 is 1.28 bits per heavy atom. The third-order valence-corrected chi connectivity index (χ3v) is 4.83. The average Bonchev–Trinajstić information content (AvgIpc) is 2.97. The van der Waals surface area contributed by atoms with E-state index in [0.717, 1.165) is 0 Å². The van der Waals surface area contributed by atoms with Crippen molar-refractivity contribution in [3.63, 3.8) is 0 Å². The summed E-state index contributed by atoms with van der Waals surface area (Å²) in [6.07, 6.45) is 1.56. The predicted octanol–water partition coefficient (Wildman–Crippen LogP) is 4.34. The van der Waals surface area contributed by atoms with Crippen LogP contribution in [0.4, 0.5) is 11.4 Å². The number of ether oxygens (including phenoxy) is 1. The molecule has 1 heterocycles. The lowest BCUT2D eigenvalue weighted by molar-refractivity contribution is -0.385. The predicted molar refractivity (Wildman–Crippen MR) is 112 cm³/mol. The van der Waals surface area contributed by atoms with Crippen LogP contribution >= 0.6 is 15.9 Å². The Balaban J connectivity index is 1.87. The van der Waals surface area contributed by atoms with E-state index in [2.05, 4.69) is 21.0 Å². The number of amides is 1. The van der Waals surface area contributed by atoms with Gasteiger partial charge in [0.1, 0.15) is 0 Å². The van der Waals surface area contributed by atoms with Gasteiger partial charge in [-0.25, -0.2) is 4.79 Å². The number of hydrazone groups is 1. The van der Waals surface area contributed by atoms with Crippen molar-refractivity contribution in [2.24, 2.45) is 5.10 Å². The molecule has 0 saturated carbocycles. The summed E-state index contributed by atoms with van der Waals surface area (Å²) in [5.41, 5.74) is 2.10. The number of rotatable bonds is 5. The van der Waals surface area contributed by atoms with Crippen LogP contribution in [0.15, 0.2) is 57.6 Å². The number of nitro groups is 1. The first-order chi connectivity index (χ1) is 13.8. The lowest BCUT2D eigenvalue weighted by atomic mass is 10.1. The van der Waals surface area contributed by atoms with Crippen molar-refractivity contribution in [3.05, 3.63) is 73.8 Å². The molecule has 0 N–H and O–H groups in total. The van der Waals surface area contributed by atoms with Gasteiger partial charge in [-0.15, -0.1) is 0 Å². The van der Waals surface area contributed by atoms with E-state index in [4.69, 9.17) is 4.74 Å². The number of benzene rings is 2. The summed E-state index contributed by atoms with van der Waals surface area (Å²) in [5.74, 6) is -0.805. The first-order valence-corrected chi connectivity index (χ1v) is 9.44. The van der Waals surface area contributed by atoms with Crippen LogP contribution < -0.4 is 5.01 Å². The first kappa shape index (κ1) is 20.4. The largest absolute Gasteiger partial charge is 0.462 e. The van der Waals surface area contributed by atoms with Gasteiger partial charge in [0.15, 0.2) is 0 Å². The molecule has 0 bridgehead atoms. The number of carbonyl (C=O) groups is 2. The molecular formula is C20H16BrN3O5. The Labute approximate surface area is 174 Å². The molecular weight excluding hydrogens is 442 g/mol. The summed E-state index contributed by atoms with van der Waals surface area (Å²) in [7, 11) is 0. The molecule has 0 aromatic heterocycles. The number of carbonyl (C=O) groups excluding carboxylic acids is 2. The maximum Gasteiger partial charge on any atom is 0.338 e. The second kappa shape index (κ2) is 8.36. The van der Waals surface area contributed by atoms with Crippen LogP contribution in [0.1, 0.15) is 29.8 Å². The summed E-state index contributed by atoms with van der Waals surface area (Å²) in [6, 6.07) is 10.9. The van der Waals surface area contributed by atoms with Gasteiger partial charge in [0, 0.05) is 6.07 Å². The fourth-order valence-corrected chi connectivity index (χ4v) is 3.13. The van der Waals surface area contributed by atoms with Crippen molar-refractivity contribution in [1.29, 1.82) is 0 Å². The van der Waals surface area contributed by atoms with Gasteiger partial charge in [-0.05, 0) is 71.7 Å². The summed E-state index contributed by atoms with van der Waals surface area (Å²) in [6.45, 7) is 3.68. The summed E-state index contributed by atoms with van der Waals surface area (Å²) >= 11 is 3.14. The van der Waals surface area contributed by atoms with Crippen molar-refractivity contribution in [2.45, 2.75) is 13.8 Å². The Morgan fingerprint density at radius 2 is 1.97 bits per heavy atom. The number of anilines is 1. The van der Waals surface area contributed by atoms with Gasteiger partial charge >= 0.3 is 5.97 Å². The van der Waals surface area contributed by atoms with Gasteiger partial charge in [0.25, 0.3) is 11.6 Å². The molecule has 0 saturated heterocycles. The first-order valence-electron chi connectivity index (χ1n) is 8.64. The number of esters is 1. The van der Waals surface area contributed by atoms with E-state index in [0.29, 0.717) is 32.6 Å². The minimum atomic E-state index is -0.499. The summed E-state index contributed by atoms with van der Waals surface area (Å²) in [5, 5.41) is 16.6. The molecule has 1 amide bonds. The highest BCUT2D eigenvalue weighted by molar-refractivity contribution is 9.10. The minimum absolute atomic E-state index is 0.0919. The van der Waals surface area contributed by atoms with Gasteiger partial charge in [-0.1, -0.05) is 6.07 Å². The van der Waals surface area contributed by atoms with Crippen LogP contribution in [0.2, 0.25) is 0 Å². The molecule has 8 nitrogen and oxygen atoms in total. The molecule has 1 aliphatic rings. The Bertz CT molecular complexity index is 1060. The van der Waals surface area contributed by atoms with E-state index in [1.165, 1.54) is 11.1 Å². The highest BCUT2D eigenvalue weighted by Gasteiger charge is 2.29. The number of nitro benzene ring substituents is 1. The quantitative estimate of drug-likeness (QED) is 0.287. The molecule has 0 unspecified atom stereocenters. The third kappa shape index (κ3) is 4.24. The minimum Gasteiger partial charge on any atom is -0.462 e. The van der Waals surface area contributed by atoms with Crippen molar-refractivity contribution in [3.8, 4) is 0 Å². The molecule has 0 spiro atoms. The highest BCUT2D eigenvalue weighted by Crippen LogP contribution is 2.29. The fourth-order valence-electron chi connectivity index (χ4n) is 2.74. The second-order valence-corrected chi connectivity index (χ2v) is 6.95. The van der Waals surface area contributed by atoms with E-state index in [9.17, 15) is 19.7 Å².